The van der Waals surface area contributed by atoms with Gasteiger partial charge in [-0.2, -0.15) is 0 Å². The smallest absolute Gasteiger partial charge is 0.257 e. The summed E-state index contributed by atoms with van der Waals surface area (Å²) in [6.45, 7) is 5.88. The van der Waals surface area contributed by atoms with Crippen molar-refractivity contribution in [1.82, 2.24) is 14.3 Å². The van der Waals surface area contributed by atoms with Crippen molar-refractivity contribution >= 4 is 11.6 Å². The van der Waals surface area contributed by atoms with E-state index in [1.807, 2.05) is 40.8 Å². The molecular weight excluding hydrogens is 238 g/mol. The topological polar surface area (TPSA) is 37.6 Å². The van der Waals surface area contributed by atoms with Crippen LogP contribution in [0, 0.1) is 12.8 Å². The van der Waals surface area contributed by atoms with Gasteiger partial charge >= 0.3 is 0 Å². The molecule has 0 aliphatic carbocycles. The minimum atomic E-state index is 0.114. The molecule has 100 valence electrons. The van der Waals surface area contributed by atoms with Gasteiger partial charge in [-0.3, -0.25) is 4.79 Å². The SMILES string of the molecule is Cc1cn2cccc(C(=O)N3CCCC(C)C3)c2n1. The van der Waals surface area contributed by atoms with Gasteiger partial charge < -0.3 is 9.30 Å². The molecule has 0 aromatic carbocycles. The summed E-state index contributed by atoms with van der Waals surface area (Å²) >= 11 is 0. The first kappa shape index (κ1) is 12.2. The third kappa shape index (κ3) is 2.23. The molecule has 0 N–H and O–H groups in total. The lowest BCUT2D eigenvalue weighted by molar-refractivity contribution is 0.0684. The van der Waals surface area contributed by atoms with Crippen LogP contribution >= 0.6 is 0 Å². The number of aromatic nitrogens is 2. The van der Waals surface area contributed by atoms with Gasteiger partial charge in [0.05, 0.1) is 11.3 Å². The molecule has 1 atom stereocenters. The quantitative estimate of drug-likeness (QED) is 0.787. The summed E-state index contributed by atoms with van der Waals surface area (Å²) in [7, 11) is 0. The predicted octanol–water partition coefficient (Wildman–Crippen LogP) is 2.51. The number of rotatable bonds is 1. The van der Waals surface area contributed by atoms with E-state index in [1.54, 1.807) is 0 Å². The highest BCUT2D eigenvalue weighted by Gasteiger charge is 2.23. The Morgan fingerprint density at radius 3 is 3.11 bits per heavy atom. The first-order valence-corrected chi connectivity index (χ1v) is 6.89. The van der Waals surface area contributed by atoms with Crippen molar-refractivity contribution < 1.29 is 4.79 Å². The number of likely N-dealkylation sites (tertiary alicyclic amines) is 1. The number of amides is 1. The van der Waals surface area contributed by atoms with E-state index in [2.05, 4.69) is 11.9 Å². The van der Waals surface area contributed by atoms with Crippen molar-refractivity contribution in [2.75, 3.05) is 13.1 Å². The Kier molecular flexibility index (Phi) is 3.01. The summed E-state index contributed by atoms with van der Waals surface area (Å²) in [6, 6.07) is 3.79. The number of piperidine rings is 1. The number of pyridine rings is 1. The second kappa shape index (κ2) is 4.68. The molecule has 19 heavy (non-hydrogen) atoms. The van der Waals surface area contributed by atoms with Crippen molar-refractivity contribution in [3.05, 3.63) is 35.8 Å². The van der Waals surface area contributed by atoms with Crippen LogP contribution in [0.5, 0.6) is 0 Å². The summed E-state index contributed by atoms with van der Waals surface area (Å²) in [5, 5.41) is 0. The van der Waals surface area contributed by atoms with Crippen LogP contribution in [-0.4, -0.2) is 33.3 Å². The van der Waals surface area contributed by atoms with Crippen molar-refractivity contribution in [2.45, 2.75) is 26.7 Å². The number of hydrogen-bond acceptors (Lipinski definition) is 2. The van der Waals surface area contributed by atoms with E-state index in [4.69, 9.17) is 0 Å². The van der Waals surface area contributed by atoms with Gasteiger partial charge in [-0.15, -0.1) is 0 Å². The number of hydrogen-bond donors (Lipinski definition) is 0. The second-order valence-electron chi connectivity index (χ2n) is 5.53. The van der Waals surface area contributed by atoms with Gasteiger partial charge in [-0.1, -0.05) is 6.92 Å². The Hall–Kier alpha value is -1.84. The molecule has 1 unspecified atom stereocenters. The molecule has 3 heterocycles. The van der Waals surface area contributed by atoms with Crippen LogP contribution in [-0.2, 0) is 0 Å². The van der Waals surface area contributed by atoms with Crippen LogP contribution in [0.1, 0.15) is 35.8 Å². The number of fused-ring (bicyclic) bond motifs is 1. The fourth-order valence-electron chi connectivity index (χ4n) is 2.85. The third-order valence-electron chi connectivity index (χ3n) is 3.78. The Morgan fingerprint density at radius 1 is 1.47 bits per heavy atom. The lowest BCUT2D eigenvalue weighted by Gasteiger charge is -2.31. The van der Waals surface area contributed by atoms with Crippen LogP contribution in [0.3, 0.4) is 0 Å². The van der Waals surface area contributed by atoms with Crippen LogP contribution < -0.4 is 0 Å². The zero-order valence-corrected chi connectivity index (χ0v) is 11.5. The molecule has 4 nitrogen and oxygen atoms in total. The fraction of sp³-hybridized carbons (Fsp3) is 0.467. The van der Waals surface area contributed by atoms with E-state index >= 15 is 0 Å². The molecule has 0 saturated carbocycles. The van der Waals surface area contributed by atoms with E-state index in [0.29, 0.717) is 11.5 Å². The summed E-state index contributed by atoms with van der Waals surface area (Å²) in [5.41, 5.74) is 2.42. The fourth-order valence-corrected chi connectivity index (χ4v) is 2.85. The number of nitrogens with zero attached hydrogens (tertiary/aromatic N) is 3. The van der Waals surface area contributed by atoms with Crippen molar-refractivity contribution in [2.24, 2.45) is 5.92 Å². The van der Waals surface area contributed by atoms with Crippen molar-refractivity contribution in [1.29, 1.82) is 0 Å². The Balaban J connectivity index is 1.97. The van der Waals surface area contributed by atoms with Crippen LogP contribution in [0.2, 0.25) is 0 Å². The van der Waals surface area contributed by atoms with Crippen LogP contribution in [0.25, 0.3) is 5.65 Å². The van der Waals surface area contributed by atoms with E-state index in [9.17, 15) is 4.79 Å². The molecule has 3 rings (SSSR count). The minimum Gasteiger partial charge on any atom is -0.338 e. The number of carbonyl (C=O) groups excluding carboxylic acids is 1. The lowest BCUT2D eigenvalue weighted by atomic mass is 10.00. The van der Waals surface area contributed by atoms with E-state index in [-0.39, 0.29) is 5.91 Å². The van der Waals surface area contributed by atoms with Gasteiger partial charge in [0.2, 0.25) is 0 Å². The number of carbonyl (C=O) groups is 1. The van der Waals surface area contributed by atoms with Gasteiger partial charge in [0.1, 0.15) is 5.65 Å². The summed E-state index contributed by atoms with van der Waals surface area (Å²) in [6.07, 6.45) is 6.20. The Bertz CT molecular complexity index is 617. The molecule has 4 heteroatoms. The zero-order chi connectivity index (χ0) is 13.4. The number of aryl methyl sites for hydroxylation is 1. The summed E-state index contributed by atoms with van der Waals surface area (Å²) in [4.78, 5) is 19.1. The van der Waals surface area contributed by atoms with Crippen LogP contribution in [0.4, 0.5) is 0 Å². The maximum absolute atomic E-state index is 12.6. The molecular formula is C15H19N3O. The minimum absolute atomic E-state index is 0.114. The van der Waals surface area contributed by atoms with Crippen LogP contribution in [0.15, 0.2) is 24.5 Å². The molecule has 1 aliphatic heterocycles. The predicted molar refractivity (Wildman–Crippen MR) is 74.2 cm³/mol. The highest BCUT2D eigenvalue weighted by atomic mass is 16.2. The molecule has 1 saturated heterocycles. The Morgan fingerprint density at radius 2 is 2.32 bits per heavy atom. The summed E-state index contributed by atoms with van der Waals surface area (Å²) < 4.78 is 1.93. The molecule has 1 fully saturated rings. The maximum atomic E-state index is 12.6. The molecule has 0 radical (unpaired) electrons. The molecule has 2 aromatic rings. The highest BCUT2D eigenvalue weighted by molar-refractivity contribution is 5.99. The standard InChI is InChI=1S/C15H19N3O/c1-11-5-3-8-18(9-11)15(19)13-6-4-7-17-10-12(2)16-14(13)17/h4,6-7,10-11H,3,5,8-9H2,1-2H3. The normalized spacial score (nSPS) is 19.9. The van der Waals surface area contributed by atoms with Gasteiger partial charge in [0, 0.05) is 25.5 Å². The van der Waals surface area contributed by atoms with Gasteiger partial charge in [0.15, 0.2) is 0 Å². The average Bonchev–Trinajstić information content (AvgIpc) is 2.77. The molecule has 2 aromatic heterocycles. The first-order chi connectivity index (χ1) is 9.15. The van der Waals surface area contributed by atoms with Crippen molar-refractivity contribution in [3.8, 4) is 0 Å². The maximum Gasteiger partial charge on any atom is 0.257 e. The van der Waals surface area contributed by atoms with Gasteiger partial charge in [-0.25, -0.2) is 4.98 Å². The number of imidazole rings is 1. The zero-order valence-electron chi connectivity index (χ0n) is 11.5. The Labute approximate surface area is 113 Å². The van der Waals surface area contributed by atoms with Gasteiger partial charge in [-0.05, 0) is 37.8 Å². The van der Waals surface area contributed by atoms with Crippen molar-refractivity contribution in [3.63, 3.8) is 0 Å². The second-order valence-corrected chi connectivity index (χ2v) is 5.53. The summed E-state index contributed by atoms with van der Waals surface area (Å²) in [5.74, 6) is 0.710. The first-order valence-electron chi connectivity index (χ1n) is 6.89. The monoisotopic (exact) mass is 257 g/mol. The van der Waals surface area contributed by atoms with E-state index in [0.717, 1.165) is 30.9 Å². The highest BCUT2D eigenvalue weighted by Crippen LogP contribution is 2.20. The van der Waals surface area contributed by atoms with Gasteiger partial charge in [0.25, 0.3) is 5.91 Å². The third-order valence-corrected chi connectivity index (χ3v) is 3.78. The molecule has 1 amide bonds. The van der Waals surface area contributed by atoms with E-state index in [1.165, 1.54) is 6.42 Å². The molecule has 0 bridgehead atoms. The average molecular weight is 257 g/mol. The molecule has 1 aliphatic rings. The largest absolute Gasteiger partial charge is 0.338 e. The van der Waals surface area contributed by atoms with E-state index < -0.39 is 0 Å². The lowest BCUT2D eigenvalue weighted by Crippen LogP contribution is -2.39. The molecule has 0 spiro atoms.